The van der Waals surface area contributed by atoms with E-state index in [1.165, 1.54) is 12.1 Å². The van der Waals surface area contributed by atoms with Crippen molar-refractivity contribution in [3.05, 3.63) is 65.7 Å². The molecule has 3 rings (SSSR count). The summed E-state index contributed by atoms with van der Waals surface area (Å²) >= 11 is 5.79. The molecule has 134 valence electrons. The number of rotatable bonds is 5. The van der Waals surface area contributed by atoms with E-state index in [9.17, 15) is 17.8 Å². The first-order valence-corrected chi connectivity index (χ1v) is 9.34. The summed E-state index contributed by atoms with van der Waals surface area (Å²) in [5.41, 5.74) is 0.415. The van der Waals surface area contributed by atoms with Crippen molar-refractivity contribution in [2.24, 2.45) is 0 Å². The zero-order chi connectivity index (χ0) is 18.7. The summed E-state index contributed by atoms with van der Waals surface area (Å²) in [5.74, 6) is 0.0841. The lowest BCUT2D eigenvalue weighted by molar-refractivity contribution is -0.118. The molecule has 0 bridgehead atoms. The van der Waals surface area contributed by atoms with Gasteiger partial charge in [-0.15, -0.1) is 0 Å². The van der Waals surface area contributed by atoms with Crippen LogP contribution in [0.1, 0.15) is 0 Å². The molecule has 0 spiro atoms. The summed E-state index contributed by atoms with van der Waals surface area (Å²) in [6.07, 6.45) is 0. The van der Waals surface area contributed by atoms with Gasteiger partial charge in [-0.25, -0.2) is 0 Å². The summed E-state index contributed by atoms with van der Waals surface area (Å²) in [7, 11) is -4.37. The van der Waals surface area contributed by atoms with Crippen molar-refractivity contribution < 1.29 is 22.5 Å². The smallest absolute Gasteiger partial charge is 0.295 e. The third kappa shape index (κ3) is 4.13. The number of benzene rings is 3. The number of hydrogen-bond donors (Lipinski definition) is 2. The van der Waals surface area contributed by atoms with E-state index in [4.69, 9.17) is 16.3 Å². The van der Waals surface area contributed by atoms with Crippen molar-refractivity contribution >= 4 is 44.1 Å². The Kier molecular flexibility index (Phi) is 5.13. The van der Waals surface area contributed by atoms with Crippen molar-refractivity contribution in [2.75, 3.05) is 11.9 Å². The van der Waals surface area contributed by atoms with Crippen LogP contribution in [0.25, 0.3) is 10.8 Å². The normalized spacial score (nSPS) is 11.3. The van der Waals surface area contributed by atoms with E-state index < -0.39 is 16.0 Å². The lowest BCUT2D eigenvalue weighted by atomic mass is 10.1. The van der Waals surface area contributed by atoms with Crippen molar-refractivity contribution in [2.45, 2.75) is 4.90 Å². The van der Waals surface area contributed by atoms with Crippen LogP contribution in [0, 0.1) is 0 Å². The fourth-order valence-electron chi connectivity index (χ4n) is 2.47. The molecule has 0 radical (unpaired) electrons. The molecule has 2 N–H and O–H groups in total. The maximum Gasteiger partial charge on any atom is 0.295 e. The van der Waals surface area contributed by atoms with Gasteiger partial charge in [0, 0.05) is 21.5 Å². The van der Waals surface area contributed by atoms with E-state index >= 15 is 0 Å². The summed E-state index contributed by atoms with van der Waals surface area (Å²) in [6, 6.07) is 15.8. The van der Waals surface area contributed by atoms with Crippen molar-refractivity contribution in [1.29, 1.82) is 0 Å². The Morgan fingerprint density at radius 3 is 2.31 bits per heavy atom. The van der Waals surface area contributed by atoms with Gasteiger partial charge in [0.1, 0.15) is 10.6 Å². The maximum absolute atomic E-state index is 12.1. The molecule has 0 aliphatic carbocycles. The highest BCUT2D eigenvalue weighted by Gasteiger charge is 2.16. The first-order chi connectivity index (χ1) is 12.3. The zero-order valence-electron chi connectivity index (χ0n) is 13.3. The Labute approximate surface area is 155 Å². The molecule has 8 heteroatoms. The fraction of sp³-hybridized carbons (Fsp3) is 0.0556. The van der Waals surface area contributed by atoms with E-state index in [0.717, 1.165) is 0 Å². The Morgan fingerprint density at radius 1 is 1.00 bits per heavy atom. The number of carbonyl (C=O) groups excluding carboxylic acids is 1. The van der Waals surface area contributed by atoms with Gasteiger partial charge in [0.15, 0.2) is 6.61 Å². The van der Waals surface area contributed by atoms with Crippen LogP contribution in [0.15, 0.2) is 65.6 Å². The van der Waals surface area contributed by atoms with Crippen LogP contribution in [-0.4, -0.2) is 25.5 Å². The average molecular weight is 392 g/mol. The van der Waals surface area contributed by atoms with Crippen LogP contribution in [0.4, 0.5) is 5.69 Å². The van der Waals surface area contributed by atoms with E-state index in [1.807, 2.05) is 0 Å². The van der Waals surface area contributed by atoms with Gasteiger partial charge in [-0.2, -0.15) is 8.42 Å². The number of anilines is 1. The number of halogens is 1. The summed E-state index contributed by atoms with van der Waals surface area (Å²) in [6.45, 7) is -0.226. The molecule has 0 unspecified atom stereocenters. The van der Waals surface area contributed by atoms with Gasteiger partial charge in [-0.3, -0.25) is 9.35 Å². The van der Waals surface area contributed by atoms with E-state index in [-0.39, 0.29) is 11.5 Å². The molecule has 1 amide bonds. The Balaban J connectivity index is 1.80. The van der Waals surface area contributed by atoms with Crippen molar-refractivity contribution in [1.82, 2.24) is 0 Å². The summed E-state index contributed by atoms with van der Waals surface area (Å²) in [5, 5.41) is 4.04. The lowest BCUT2D eigenvalue weighted by Crippen LogP contribution is -2.20. The Morgan fingerprint density at radius 2 is 1.65 bits per heavy atom. The molecule has 0 aliphatic rings. The molecule has 0 fully saturated rings. The number of nitrogens with one attached hydrogen (secondary N) is 1. The highest BCUT2D eigenvalue weighted by Crippen LogP contribution is 2.29. The van der Waals surface area contributed by atoms with Crippen LogP contribution >= 0.6 is 11.6 Å². The highest BCUT2D eigenvalue weighted by atomic mass is 35.5. The van der Waals surface area contributed by atoms with Gasteiger partial charge in [0.25, 0.3) is 16.0 Å². The fourth-order valence-corrected chi connectivity index (χ4v) is 3.29. The average Bonchev–Trinajstić information content (AvgIpc) is 2.60. The van der Waals surface area contributed by atoms with Gasteiger partial charge in [-0.1, -0.05) is 35.9 Å². The molecule has 0 aromatic heterocycles. The number of amides is 1. The van der Waals surface area contributed by atoms with Gasteiger partial charge >= 0.3 is 0 Å². The highest BCUT2D eigenvalue weighted by molar-refractivity contribution is 7.86. The first kappa shape index (κ1) is 18.2. The number of carbonyl (C=O) groups is 1. The van der Waals surface area contributed by atoms with E-state index in [2.05, 4.69) is 5.32 Å². The molecular weight excluding hydrogens is 378 g/mol. The van der Waals surface area contributed by atoms with Crippen LogP contribution in [-0.2, 0) is 14.9 Å². The third-order valence-electron chi connectivity index (χ3n) is 3.62. The van der Waals surface area contributed by atoms with Crippen LogP contribution < -0.4 is 10.1 Å². The van der Waals surface area contributed by atoms with Crippen LogP contribution in [0.2, 0.25) is 5.02 Å². The monoisotopic (exact) mass is 391 g/mol. The van der Waals surface area contributed by atoms with Gasteiger partial charge < -0.3 is 10.1 Å². The molecule has 0 heterocycles. The lowest BCUT2D eigenvalue weighted by Gasteiger charge is -2.12. The molecule has 0 saturated heterocycles. The minimum Gasteiger partial charge on any atom is -0.484 e. The zero-order valence-corrected chi connectivity index (χ0v) is 14.9. The topological polar surface area (TPSA) is 92.7 Å². The largest absolute Gasteiger partial charge is 0.484 e. The standard InChI is InChI=1S/C18H14ClNO5S/c19-12-5-7-13(8-6-12)25-11-18(21)20-16-9-10-17(26(22,23)24)15-4-2-1-3-14(15)16/h1-10H,11H2,(H,20,21)(H,22,23,24). The third-order valence-corrected chi connectivity index (χ3v) is 4.78. The van der Waals surface area contributed by atoms with E-state index in [1.54, 1.807) is 48.5 Å². The predicted molar refractivity (Wildman–Crippen MR) is 99.3 cm³/mol. The second kappa shape index (κ2) is 7.33. The molecular formula is C18H14ClNO5S. The second-order valence-corrected chi connectivity index (χ2v) is 7.25. The van der Waals surface area contributed by atoms with Crippen molar-refractivity contribution in [3.8, 4) is 5.75 Å². The Hall–Kier alpha value is -2.61. The number of fused-ring (bicyclic) bond motifs is 1. The minimum atomic E-state index is -4.37. The van der Waals surface area contributed by atoms with Gasteiger partial charge in [0.05, 0.1) is 0 Å². The first-order valence-electron chi connectivity index (χ1n) is 7.52. The molecule has 0 atom stereocenters. The summed E-state index contributed by atoms with van der Waals surface area (Å²) in [4.78, 5) is 11.9. The number of hydrogen-bond acceptors (Lipinski definition) is 4. The van der Waals surface area contributed by atoms with Gasteiger partial charge in [-0.05, 0) is 36.4 Å². The molecule has 26 heavy (non-hydrogen) atoms. The summed E-state index contributed by atoms with van der Waals surface area (Å²) < 4.78 is 37.7. The number of ether oxygens (including phenoxy) is 1. The van der Waals surface area contributed by atoms with Gasteiger partial charge in [0.2, 0.25) is 0 Å². The molecule has 6 nitrogen and oxygen atoms in total. The minimum absolute atomic E-state index is 0.219. The maximum atomic E-state index is 12.1. The van der Waals surface area contributed by atoms with Crippen LogP contribution in [0.5, 0.6) is 5.75 Å². The molecule has 3 aromatic carbocycles. The molecule has 3 aromatic rings. The second-order valence-electron chi connectivity index (χ2n) is 5.42. The molecule has 0 saturated carbocycles. The Bertz CT molecular complexity index is 1060. The van der Waals surface area contributed by atoms with Crippen molar-refractivity contribution in [3.63, 3.8) is 0 Å². The predicted octanol–water partition coefficient (Wildman–Crippen LogP) is 3.76. The quantitative estimate of drug-likeness (QED) is 0.646. The SMILES string of the molecule is O=C(COc1ccc(Cl)cc1)Nc1ccc(S(=O)(=O)O)c2ccccc12. The van der Waals surface area contributed by atoms with E-state index in [0.29, 0.717) is 27.2 Å². The molecule has 0 aliphatic heterocycles. The van der Waals surface area contributed by atoms with Crippen LogP contribution in [0.3, 0.4) is 0 Å².